The summed E-state index contributed by atoms with van der Waals surface area (Å²) in [6, 6.07) is 13.2. The molecule has 2 rings (SSSR count). The summed E-state index contributed by atoms with van der Waals surface area (Å²) in [6.45, 7) is 2.04. The van der Waals surface area contributed by atoms with Gasteiger partial charge < -0.3 is 15.2 Å². The predicted molar refractivity (Wildman–Crippen MR) is 68.7 cm³/mol. The van der Waals surface area contributed by atoms with Crippen LogP contribution in [-0.2, 0) is 0 Å². The lowest BCUT2D eigenvalue weighted by Gasteiger charge is -2.09. The van der Waals surface area contributed by atoms with Crippen molar-refractivity contribution in [1.29, 1.82) is 0 Å². The molecule has 2 N–H and O–H groups in total. The maximum atomic E-state index is 5.73. The highest BCUT2D eigenvalue weighted by Crippen LogP contribution is 2.29. The van der Waals surface area contributed by atoms with Crippen LogP contribution in [0.4, 0.5) is 5.69 Å². The number of rotatable bonds is 3. The number of hydrogen-bond acceptors (Lipinski definition) is 3. The first kappa shape index (κ1) is 11.3. The summed E-state index contributed by atoms with van der Waals surface area (Å²) < 4.78 is 10.8. The summed E-state index contributed by atoms with van der Waals surface area (Å²) in [5.41, 5.74) is 7.53. The number of aryl methyl sites for hydroxylation is 1. The highest BCUT2D eigenvalue weighted by atomic mass is 16.5. The molecule has 0 saturated carbocycles. The quantitative estimate of drug-likeness (QED) is 0.820. The first-order chi connectivity index (χ1) is 8.19. The molecule has 0 aliphatic carbocycles. The summed E-state index contributed by atoms with van der Waals surface area (Å²) in [5, 5.41) is 0. The molecule has 0 bridgehead atoms. The third-order valence-corrected chi connectivity index (χ3v) is 2.46. The molecule has 0 spiro atoms. The second-order valence-electron chi connectivity index (χ2n) is 3.82. The zero-order chi connectivity index (χ0) is 12.3. The lowest BCUT2D eigenvalue weighted by atomic mass is 10.2. The molecule has 0 aliphatic rings. The molecule has 2 aromatic carbocycles. The van der Waals surface area contributed by atoms with Crippen molar-refractivity contribution < 1.29 is 9.47 Å². The van der Waals surface area contributed by atoms with Crippen molar-refractivity contribution in [3.8, 4) is 17.2 Å². The number of benzene rings is 2. The number of nitrogen functional groups attached to an aromatic ring is 1. The van der Waals surface area contributed by atoms with Gasteiger partial charge in [0.1, 0.15) is 17.2 Å². The second-order valence-corrected chi connectivity index (χ2v) is 3.82. The van der Waals surface area contributed by atoms with Gasteiger partial charge in [-0.1, -0.05) is 17.7 Å². The fraction of sp³-hybridized carbons (Fsp3) is 0.143. The van der Waals surface area contributed by atoms with Crippen LogP contribution in [0, 0.1) is 6.92 Å². The zero-order valence-corrected chi connectivity index (χ0v) is 9.94. The van der Waals surface area contributed by atoms with E-state index in [4.69, 9.17) is 15.2 Å². The van der Waals surface area contributed by atoms with Crippen molar-refractivity contribution in [2.75, 3.05) is 12.8 Å². The fourth-order valence-electron chi connectivity index (χ4n) is 1.50. The molecule has 2 aromatic rings. The van der Waals surface area contributed by atoms with Gasteiger partial charge in [0, 0.05) is 6.07 Å². The van der Waals surface area contributed by atoms with Crippen molar-refractivity contribution in [3.05, 3.63) is 48.0 Å². The van der Waals surface area contributed by atoms with Crippen molar-refractivity contribution in [1.82, 2.24) is 0 Å². The Morgan fingerprint density at radius 1 is 0.941 bits per heavy atom. The van der Waals surface area contributed by atoms with Gasteiger partial charge in [-0.2, -0.15) is 0 Å². The molecule has 0 unspecified atom stereocenters. The van der Waals surface area contributed by atoms with Crippen LogP contribution in [0.15, 0.2) is 42.5 Å². The Bertz CT molecular complexity index is 506. The van der Waals surface area contributed by atoms with E-state index in [0.29, 0.717) is 17.2 Å². The van der Waals surface area contributed by atoms with Crippen LogP contribution in [0.5, 0.6) is 17.2 Å². The third kappa shape index (κ3) is 2.69. The van der Waals surface area contributed by atoms with Crippen LogP contribution in [0.1, 0.15) is 5.56 Å². The summed E-state index contributed by atoms with van der Waals surface area (Å²) in [7, 11) is 1.58. The van der Waals surface area contributed by atoms with E-state index in [2.05, 4.69) is 0 Å². The average Bonchev–Trinajstić information content (AvgIpc) is 2.34. The highest BCUT2D eigenvalue weighted by Gasteiger charge is 2.02. The molecule has 0 radical (unpaired) electrons. The van der Waals surface area contributed by atoms with Gasteiger partial charge in [-0.05, 0) is 31.2 Å². The second kappa shape index (κ2) is 4.78. The molecular weight excluding hydrogens is 214 g/mol. The Labute approximate surface area is 101 Å². The van der Waals surface area contributed by atoms with E-state index < -0.39 is 0 Å². The molecule has 0 saturated heterocycles. The maximum absolute atomic E-state index is 5.73. The molecule has 0 aromatic heterocycles. The minimum Gasteiger partial charge on any atom is -0.494 e. The topological polar surface area (TPSA) is 44.5 Å². The smallest absolute Gasteiger partial charge is 0.145 e. The SMILES string of the molecule is COc1cc(Oc2ccc(C)cc2)ccc1N. The van der Waals surface area contributed by atoms with Crippen LogP contribution >= 0.6 is 0 Å². The molecule has 0 atom stereocenters. The van der Waals surface area contributed by atoms with Gasteiger partial charge in [0.05, 0.1) is 12.8 Å². The highest BCUT2D eigenvalue weighted by molar-refractivity contribution is 5.56. The number of nitrogens with two attached hydrogens (primary N) is 1. The van der Waals surface area contributed by atoms with Crippen LogP contribution in [0.2, 0.25) is 0 Å². The van der Waals surface area contributed by atoms with E-state index in [0.717, 1.165) is 5.75 Å². The van der Waals surface area contributed by atoms with Crippen LogP contribution in [-0.4, -0.2) is 7.11 Å². The summed E-state index contributed by atoms with van der Waals surface area (Å²) in [6.07, 6.45) is 0. The van der Waals surface area contributed by atoms with E-state index in [-0.39, 0.29) is 0 Å². The Kier molecular flexibility index (Phi) is 3.19. The largest absolute Gasteiger partial charge is 0.494 e. The minimum atomic E-state index is 0.601. The first-order valence-electron chi connectivity index (χ1n) is 5.37. The van der Waals surface area contributed by atoms with Crippen LogP contribution in [0.25, 0.3) is 0 Å². The van der Waals surface area contributed by atoms with Crippen LogP contribution < -0.4 is 15.2 Å². The molecule has 0 fully saturated rings. The van der Waals surface area contributed by atoms with Gasteiger partial charge >= 0.3 is 0 Å². The summed E-state index contributed by atoms with van der Waals surface area (Å²) in [5.74, 6) is 2.12. The Hall–Kier alpha value is -2.16. The zero-order valence-electron chi connectivity index (χ0n) is 9.94. The van der Waals surface area contributed by atoms with Crippen LogP contribution in [0.3, 0.4) is 0 Å². The van der Waals surface area contributed by atoms with E-state index >= 15 is 0 Å². The third-order valence-electron chi connectivity index (χ3n) is 2.46. The van der Waals surface area contributed by atoms with Crippen molar-refractivity contribution in [3.63, 3.8) is 0 Å². The Morgan fingerprint density at radius 3 is 2.24 bits per heavy atom. The lowest BCUT2D eigenvalue weighted by Crippen LogP contribution is -1.93. The molecule has 0 heterocycles. The number of hydrogen-bond donors (Lipinski definition) is 1. The van der Waals surface area contributed by atoms with E-state index in [1.165, 1.54) is 5.56 Å². The molecule has 88 valence electrons. The lowest BCUT2D eigenvalue weighted by molar-refractivity contribution is 0.411. The van der Waals surface area contributed by atoms with Gasteiger partial charge in [0.15, 0.2) is 0 Å². The van der Waals surface area contributed by atoms with E-state index in [1.807, 2.05) is 37.3 Å². The van der Waals surface area contributed by atoms with Gasteiger partial charge in [-0.25, -0.2) is 0 Å². The van der Waals surface area contributed by atoms with Gasteiger partial charge in [-0.3, -0.25) is 0 Å². The minimum absolute atomic E-state index is 0.601. The molecule has 0 aliphatic heterocycles. The van der Waals surface area contributed by atoms with Crippen molar-refractivity contribution >= 4 is 5.69 Å². The predicted octanol–water partition coefficient (Wildman–Crippen LogP) is 3.38. The standard InChI is InChI=1S/C14H15NO2/c1-10-3-5-11(6-4-10)17-12-7-8-13(15)14(9-12)16-2/h3-9H,15H2,1-2H3. The Balaban J connectivity index is 2.21. The number of ether oxygens (including phenoxy) is 2. The molecule has 3 nitrogen and oxygen atoms in total. The molecule has 3 heteroatoms. The first-order valence-corrected chi connectivity index (χ1v) is 5.37. The summed E-state index contributed by atoms with van der Waals surface area (Å²) in [4.78, 5) is 0. The molecule has 0 amide bonds. The molecular formula is C14H15NO2. The average molecular weight is 229 g/mol. The van der Waals surface area contributed by atoms with E-state index in [1.54, 1.807) is 19.2 Å². The van der Waals surface area contributed by atoms with Gasteiger partial charge in [0.25, 0.3) is 0 Å². The normalized spacial score (nSPS) is 10.0. The van der Waals surface area contributed by atoms with Crippen molar-refractivity contribution in [2.24, 2.45) is 0 Å². The monoisotopic (exact) mass is 229 g/mol. The number of anilines is 1. The number of methoxy groups -OCH3 is 1. The van der Waals surface area contributed by atoms with E-state index in [9.17, 15) is 0 Å². The summed E-state index contributed by atoms with van der Waals surface area (Å²) >= 11 is 0. The fourth-order valence-corrected chi connectivity index (χ4v) is 1.50. The van der Waals surface area contributed by atoms with Crippen molar-refractivity contribution in [2.45, 2.75) is 6.92 Å². The Morgan fingerprint density at radius 2 is 1.59 bits per heavy atom. The van der Waals surface area contributed by atoms with Gasteiger partial charge in [0.2, 0.25) is 0 Å². The molecule has 17 heavy (non-hydrogen) atoms. The maximum Gasteiger partial charge on any atom is 0.145 e. The van der Waals surface area contributed by atoms with Gasteiger partial charge in [-0.15, -0.1) is 0 Å².